The largest absolute Gasteiger partial charge is 0.481 e. The van der Waals surface area contributed by atoms with Crippen LogP contribution in [0.3, 0.4) is 0 Å². The third-order valence-corrected chi connectivity index (χ3v) is 1.79. The van der Waals surface area contributed by atoms with Crippen molar-refractivity contribution in [3.63, 3.8) is 0 Å². The van der Waals surface area contributed by atoms with Gasteiger partial charge in [-0.25, -0.2) is 8.78 Å². The van der Waals surface area contributed by atoms with E-state index in [9.17, 15) is 13.6 Å². The van der Waals surface area contributed by atoms with Crippen LogP contribution in [0.25, 0.3) is 0 Å². The number of aliphatic carboxylic acids is 1. The molecule has 70 valence electrons. The molecule has 0 aliphatic heterocycles. The fraction of sp³-hybridized carbons (Fsp3) is 0.222. The average molecular weight is 186 g/mol. The van der Waals surface area contributed by atoms with Gasteiger partial charge in [0.1, 0.15) is 11.6 Å². The van der Waals surface area contributed by atoms with Gasteiger partial charge in [-0.2, -0.15) is 0 Å². The van der Waals surface area contributed by atoms with Crippen LogP contribution in [0.4, 0.5) is 8.78 Å². The molecule has 0 spiro atoms. The van der Waals surface area contributed by atoms with Crippen molar-refractivity contribution in [2.24, 2.45) is 0 Å². The first-order valence-electron chi connectivity index (χ1n) is 3.70. The summed E-state index contributed by atoms with van der Waals surface area (Å²) in [6, 6.07) is 2.77. The number of rotatable bonds is 2. The van der Waals surface area contributed by atoms with Gasteiger partial charge >= 0.3 is 5.97 Å². The standard InChI is InChI=1S/C9H8F2O2/c1-5(9(12)13)7-4-6(10)2-3-8(7)11/h2-5H,1H3,(H,12,13)/t5-/m1/s1. The lowest BCUT2D eigenvalue weighted by atomic mass is 10.0. The lowest BCUT2D eigenvalue weighted by Gasteiger charge is -2.07. The van der Waals surface area contributed by atoms with E-state index in [1.807, 2.05) is 0 Å². The summed E-state index contributed by atoms with van der Waals surface area (Å²) in [5, 5.41) is 8.56. The molecule has 0 aliphatic carbocycles. The van der Waals surface area contributed by atoms with Crippen molar-refractivity contribution in [3.05, 3.63) is 35.4 Å². The Morgan fingerprint density at radius 2 is 2.08 bits per heavy atom. The molecule has 0 unspecified atom stereocenters. The van der Waals surface area contributed by atoms with Gasteiger partial charge in [-0.05, 0) is 25.1 Å². The molecule has 0 heterocycles. The smallest absolute Gasteiger partial charge is 0.310 e. The van der Waals surface area contributed by atoms with Crippen molar-refractivity contribution in [2.45, 2.75) is 12.8 Å². The Bertz CT molecular complexity index is 336. The predicted molar refractivity (Wildman–Crippen MR) is 42.4 cm³/mol. The monoisotopic (exact) mass is 186 g/mol. The Morgan fingerprint density at radius 3 is 2.62 bits per heavy atom. The molecule has 1 atom stereocenters. The van der Waals surface area contributed by atoms with E-state index in [1.54, 1.807) is 0 Å². The normalized spacial score (nSPS) is 12.5. The fourth-order valence-electron chi connectivity index (χ4n) is 0.979. The second-order valence-corrected chi connectivity index (χ2v) is 2.73. The summed E-state index contributed by atoms with van der Waals surface area (Å²) in [6.45, 7) is 1.31. The summed E-state index contributed by atoms with van der Waals surface area (Å²) in [5.74, 6) is -3.54. The molecule has 13 heavy (non-hydrogen) atoms. The topological polar surface area (TPSA) is 37.3 Å². The molecule has 1 aromatic rings. The van der Waals surface area contributed by atoms with Crippen LogP contribution in [0.5, 0.6) is 0 Å². The molecule has 0 saturated carbocycles. The van der Waals surface area contributed by atoms with E-state index in [0.717, 1.165) is 18.2 Å². The Balaban J connectivity index is 3.12. The van der Waals surface area contributed by atoms with E-state index in [1.165, 1.54) is 6.92 Å². The molecular weight excluding hydrogens is 178 g/mol. The van der Waals surface area contributed by atoms with Gasteiger partial charge in [0.25, 0.3) is 0 Å². The van der Waals surface area contributed by atoms with Crippen molar-refractivity contribution < 1.29 is 18.7 Å². The van der Waals surface area contributed by atoms with Crippen molar-refractivity contribution in [3.8, 4) is 0 Å². The van der Waals surface area contributed by atoms with Crippen LogP contribution in [0.2, 0.25) is 0 Å². The van der Waals surface area contributed by atoms with E-state index in [-0.39, 0.29) is 5.56 Å². The summed E-state index contributed by atoms with van der Waals surface area (Å²) in [5.41, 5.74) is -0.132. The highest BCUT2D eigenvalue weighted by atomic mass is 19.1. The van der Waals surface area contributed by atoms with E-state index in [4.69, 9.17) is 5.11 Å². The zero-order valence-corrected chi connectivity index (χ0v) is 6.92. The molecule has 0 amide bonds. The highest BCUT2D eigenvalue weighted by Crippen LogP contribution is 2.19. The van der Waals surface area contributed by atoms with Crippen LogP contribution in [0, 0.1) is 11.6 Å². The first-order valence-corrected chi connectivity index (χ1v) is 3.70. The first kappa shape index (κ1) is 9.64. The van der Waals surface area contributed by atoms with Crippen LogP contribution in [-0.2, 0) is 4.79 Å². The molecule has 2 nitrogen and oxygen atoms in total. The Morgan fingerprint density at radius 1 is 1.46 bits per heavy atom. The number of benzene rings is 1. The van der Waals surface area contributed by atoms with Gasteiger partial charge in [-0.15, -0.1) is 0 Å². The summed E-state index contributed by atoms with van der Waals surface area (Å²) in [6.07, 6.45) is 0. The molecule has 1 N–H and O–H groups in total. The van der Waals surface area contributed by atoms with Crippen LogP contribution in [0.15, 0.2) is 18.2 Å². The minimum Gasteiger partial charge on any atom is -0.481 e. The lowest BCUT2D eigenvalue weighted by molar-refractivity contribution is -0.138. The molecule has 0 aliphatic rings. The van der Waals surface area contributed by atoms with Gasteiger partial charge in [0.2, 0.25) is 0 Å². The molecular formula is C9H8F2O2. The zero-order chi connectivity index (χ0) is 10.0. The second-order valence-electron chi connectivity index (χ2n) is 2.73. The van der Waals surface area contributed by atoms with Crippen LogP contribution in [-0.4, -0.2) is 11.1 Å². The summed E-state index contributed by atoms with van der Waals surface area (Å²) >= 11 is 0. The molecule has 0 bridgehead atoms. The molecule has 4 heteroatoms. The molecule has 0 saturated heterocycles. The van der Waals surface area contributed by atoms with Crippen LogP contribution in [0.1, 0.15) is 18.4 Å². The number of hydrogen-bond acceptors (Lipinski definition) is 1. The Kier molecular flexibility index (Phi) is 2.60. The number of carboxylic acid groups (broad SMARTS) is 1. The average Bonchev–Trinajstić information content (AvgIpc) is 2.08. The number of carboxylic acids is 1. The van der Waals surface area contributed by atoms with Crippen LogP contribution >= 0.6 is 0 Å². The van der Waals surface area contributed by atoms with Crippen molar-refractivity contribution in [1.29, 1.82) is 0 Å². The van der Waals surface area contributed by atoms with Gasteiger partial charge in [0.05, 0.1) is 5.92 Å². The Labute approximate surface area is 73.8 Å². The highest BCUT2D eigenvalue weighted by molar-refractivity contribution is 5.75. The van der Waals surface area contributed by atoms with E-state index >= 15 is 0 Å². The number of halogens is 2. The molecule has 0 fully saturated rings. The van der Waals surface area contributed by atoms with Crippen molar-refractivity contribution in [1.82, 2.24) is 0 Å². The van der Waals surface area contributed by atoms with E-state index < -0.39 is 23.5 Å². The zero-order valence-electron chi connectivity index (χ0n) is 6.92. The number of carbonyl (C=O) groups is 1. The summed E-state index contributed by atoms with van der Waals surface area (Å²) in [7, 11) is 0. The van der Waals surface area contributed by atoms with Gasteiger partial charge in [0.15, 0.2) is 0 Å². The maximum absolute atomic E-state index is 13.0. The highest BCUT2D eigenvalue weighted by Gasteiger charge is 2.18. The third-order valence-electron chi connectivity index (χ3n) is 1.79. The minimum atomic E-state index is -1.18. The fourth-order valence-corrected chi connectivity index (χ4v) is 0.979. The third kappa shape index (κ3) is 2.02. The number of hydrogen-bond donors (Lipinski definition) is 1. The predicted octanol–water partition coefficient (Wildman–Crippen LogP) is 2.15. The minimum absolute atomic E-state index is 0.132. The van der Waals surface area contributed by atoms with Crippen molar-refractivity contribution in [2.75, 3.05) is 0 Å². The quantitative estimate of drug-likeness (QED) is 0.768. The van der Waals surface area contributed by atoms with Gasteiger partial charge in [0, 0.05) is 5.56 Å². The SMILES string of the molecule is C[C@@H](C(=O)O)c1cc(F)ccc1F. The first-order chi connectivity index (χ1) is 6.02. The van der Waals surface area contributed by atoms with Crippen molar-refractivity contribution >= 4 is 5.97 Å². The molecule has 1 aromatic carbocycles. The maximum atomic E-state index is 13.0. The van der Waals surface area contributed by atoms with Gasteiger partial charge < -0.3 is 5.11 Å². The van der Waals surface area contributed by atoms with Gasteiger partial charge in [-0.1, -0.05) is 0 Å². The maximum Gasteiger partial charge on any atom is 0.310 e. The molecule has 0 radical (unpaired) electrons. The summed E-state index contributed by atoms with van der Waals surface area (Å²) < 4.78 is 25.6. The second kappa shape index (κ2) is 3.51. The summed E-state index contributed by atoms with van der Waals surface area (Å²) in [4.78, 5) is 10.5. The van der Waals surface area contributed by atoms with E-state index in [0.29, 0.717) is 0 Å². The molecule has 1 rings (SSSR count). The Hall–Kier alpha value is -1.45. The van der Waals surface area contributed by atoms with Crippen LogP contribution < -0.4 is 0 Å². The lowest BCUT2D eigenvalue weighted by Crippen LogP contribution is -2.09. The molecule has 0 aromatic heterocycles. The van der Waals surface area contributed by atoms with Gasteiger partial charge in [-0.3, -0.25) is 4.79 Å². The van der Waals surface area contributed by atoms with E-state index in [2.05, 4.69) is 0 Å².